The van der Waals surface area contributed by atoms with Gasteiger partial charge < -0.3 is 15.7 Å². The molecule has 2 unspecified atom stereocenters. The van der Waals surface area contributed by atoms with Gasteiger partial charge in [0.1, 0.15) is 5.03 Å². The number of hydrogen-bond donors (Lipinski definition) is 3. The third-order valence-electron chi connectivity index (χ3n) is 3.06. The molecule has 1 amide bonds. The fourth-order valence-electron chi connectivity index (χ4n) is 2.00. The van der Waals surface area contributed by atoms with E-state index in [1.54, 1.807) is 0 Å². The first kappa shape index (κ1) is 19.0. The van der Waals surface area contributed by atoms with Crippen LogP contribution in [0.15, 0.2) is 23.4 Å². The largest absolute Gasteiger partial charge is 0.447 e. The van der Waals surface area contributed by atoms with Crippen LogP contribution >= 0.6 is 24.2 Å². The van der Waals surface area contributed by atoms with Gasteiger partial charge in [0.05, 0.1) is 11.7 Å². The van der Waals surface area contributed by atoms with Crippen LogP contribution in [-0.2, 0) is 0 Å². The highest BCUT2D eigenvalue weighted by Gasteiger charge is 2.32. The molecule has 0 aromatic carbocycles. The van der Waals surface area contributed by atoms with Crippen molar-refractivity contribution in [3.63, 3.8) is 0 Å². The molecule has 2 rings (SSSR count). The van der Waals surface area contributed by atoms with Gasteiger partial charge in [0.2, 0.25) is 0 Å². The van der Waals surface area contributed by atoms with Crippen LogP contribution in [0.5, 0.6) is 0 Å². The molecule has 0 spiro atoms. The number of nitrogens with one attached hydrogen (secondary N) is 2. The molecule has 0 bridgehead atoms. The van der Waals surface area contributed by atoms with Crippen LogP contribution < -0.4 is 10.6 Å². The Balaban J connectivity index is 0.00000242. The number of aliphatic hydroxyl groups excluding tert-OH is 1. The second-order valence-corrected chi connectivity index (χ2v) is 5.65. The van der Waals surface area contributed by atoms with Crippen molar-refractivity contribution in [1.82, 2.24) is 15.6 Å². The zero-order chi connectivity index (χ0) is 15.5. The molecular weight excluding hydrogens is 343 g/mol. The van der Waals surface area contributed by atoms with Gasteiger partial charge in [0, 0.05) is 43.5 Å². The number of aromatic nitrogens is 1. The highest BCUT2D eigenvalue weighted by Crippen LogP contribution is 2.37. The van der Waals surface area contributed by atoms with E-state index in [9.17, 15) is 23.1 Å². The van der Waals surface area contributed by atoms with E-state index in [0.29, 0.717) is 13.1 Å². The molecule has 0 radical (unpaired) electrons. The third-order valence-corrected chi connectivity index (χ3v) is 3.81. The number of hydrogen-bond acceptors (Lipinski definition) is 5. The number of carbonyl (C=O) groups excluding carboxylic acids is 1. The summed E-state index contributed by atoms with van der Waals surface area (Å²) in [6.45, 7) is 1.19. The summed E-state index contributed by atoms with van der Waals surface area (Å²) >= 11 is -0.419. The van der Waals surface area contributed by atoms with E-state index in [1.165, 1.54) is 18.3 Å². The van der Waals surface area contributed by atoms with Crippen LogP contribution in [0.2, 0.25) is 0 Å². The van der Waals surface area contributed by atoms with Crippen LogP contribution in [0.1, 0.15) is 10.4 Å². The SMILES string of the molecule is Cl.O=C(NCC1CNCC1O)c1cccnc1SC(F)(F)F. The van der Waals surface area contributed by atoms with E-state index in [-0.39, 0.29) is 35.5 Å². The first-order valence-corrected chi connectivity index (χ1v) is 7.06. The van der Waals surface area contributed by atoms with Crippen LogP contribution in [0.25, 0.3) is 0 Å². The number of β-amino-alcohol motifs (C(OH)–C–C–N with tert-alkyl or cyclic N) is 1. The predicted octanol–water partition coefficient (Wildman–Crippen LogP) is 1.43. The summed E-state index contributed by atoms with van der Waals surface area (Å²) in [5.74, 6) is -0.779. The lowest BCUT2D eigenvalue weighted by Crippen LogP contribution is -2.34. The molecule has 22 heavy (non-hydrogen) atoms. The molecule has 1 aliphatic heterocycles. The van der Waals surface area contributed by atoms with E-state index in [0.717, 1.165) is 0 Å². The molecular formula is C12H15ClF3N3O2S. The number of pyridine rings is 1. The molecule has 124 valence electrons. The maximum Gasteiger partial charge on any atom is 0.447 e. The number of amides is 1. The fraction of sp³-hybridized carbons (Fsp3) is 0.500. The summed E-state index contributed by atoms with van der Waals surface area (Å²) in [5, 5.41) is 14.7. The summed E-state index contributed by atoms with van der Waals surface area (Å²) in [4.78, 5) is 15.6. The van der Waals surface area contributed by atoms with Crippen molar-refractivity contribution in [1.29, 1.82) is 0 Å². The van der Waals surface area contributed by atoms with E-state index in [2.05, 4.69) is 15.6 Å². The van der Waals surface area contributed by atoms with Crippen molar-refractivity contribution in [2.45, 2.75) is 16.6 Å². The average Bonchev–Trinajstić information content (AvgIpc) is 2.80. The van der Waals surface area contributed by atoms with Crippen molar-refractivity contribution < 1.29 is 23.1 Å². The lowest BCUT2D eigenvalue weighted by Gasteiger charge is -2.15. The lowest BCUT2D eigenvalue weighted by atomic mass is 10.1. The van der Waals surface area contributed by atoms with Crippen molar-refractivity contribution >= 4 is 30.1 Å². The second kappa shape index (κ2) is 8.00. The second-order valence-electron chi connectivity index (χ2n) is 4.60. The van der Waals surface area contributed by atoms with Gasteiger partial charge in [0.15, 0.2) is 0 Å². The number of alkyl halides is 3. The van der Waals surface area contributed by atoms with Crippen molar-refractivity contribution in [3.05, 3.63) is 23.9 Å². The van der Waals surface area contributed by atoms with Crippen molar-refractivity contribution in [2.75, 3.05) is 19.6 Å². The topological polar surface area (TPSA) is 74.2 Å². The highest BCUT2D eigenvalue weighted by molar-refractivity contribution is 8.00. The zero-order valence-electron chi connectivity index (χ0n) is 11.3. The van der Waals surface area contributed by atoms with Crippen molar-refractivity contribution in [2.24, 2.45) is 5.92 Å². The molecule has 1 aliphatic rings. The maximum atomic E-state index is 12.4. The van der Waals surface area contributed by atoms with Crippen LogP contribution in [0, 0.1) is 5.92 Å². The van der Waals surface area contributed by atoms with Crippen LogP contribution in [0.4, 0.5) is 13.2 Å². The molecule has 10 heteroatoms. The molecule has 1 saturated heterocycles. The normalized spacial score (nSPS) is 21.3. The number of thioether (sulfide) groups is 1. The van der Waals surface area contributed by atoms with Gasteiger partial charge in [-0.2, -0.15) is 13.2 Å². The van der Waals surface area contributed by atoms with E-state index in [4.69, 9.17) is 0 Å². The Morgan fingerprint density at radius 3 is 2.82 bits per heavy atom. The maximum absolute atomic E-state index is 12.4. The Bertz CT molecular complexity index is 519. The zero-order valence-corrected chi connectivity index (χ0v) is 12.9. The van der Waals surface area contributed by atoms with Gasteiger partial charge in [-0.05, 0) is 12.1 Å². The standard InChI is InChI=1S/C12H14F3N3O2S.ClH/c13-12(14,15)21-11-8(2-1-3-17-11)10(20)18-5-7-4-16-6-9(7)19;/h1-3,7,9,16,19H,4-6H2,(H,18,20);1H. The van der Waals surface area contributed by atoms with Gasteiger partial charge >= 0.3 is 5.51 Å². The predicted molar refractivity (Wildman–Crippen MR) is 78.1 cm³/mol. The van der Waals surface area contributed by atoms with E-state index >= 15 is 0 Å². The van der Waals surface area contributed by atoms with Crippen LogP contribution in [-0.4, -0.2) is 47.2 Å². The molecule has 1 fully saturated rings. The fourth-order valence-corrected chi connectivity index (χ4v) is 2.60. The smallest absolute Gasteiger partial charge is 0.391 e. The number of halogens is 4. The minimum Gasteiger partial charge on any atom is -0.391 e. The summed E-state index contributed by atoms with van der Waals surface area (Å²) in [6.07, 6.45) is 0.637. The monoisotopic (exact) mass is 357 g/mol. The van der Waals surface area contributed by atoms with Gasteiger partial charge in [-0.15, -0.1) is 12.4 Å². The molecule has 1 aromatic rings. The Morgan fingerprint density at radius 2 is 2.23 bits per heavy atom. The Labute approximate surface area is 135 Å². The number of nitrogens with zero attached hydrogens (tertiary/aromatic N) is 1. The quantitative estimate of drug-likeness (QED) is 0.711. The first-order chi connectivity index (χ1) is 9.87. The van der Waals surface area contributed by atoms with Crippen molar-refractivity contribution in [3.8, 4) is 0 Å². The molecule has 1 aromatic heterocycles. The molecule has 2 heterocycles. The molecule has 5 nitrogen and oxygen atoms in total. The van der Waals surface area contributed by atoms with Gasteiger partial charge in [-0.1, -0.05) is 0 Å². The van der Waals surface area contributed by atoms with Gasteiger partial charge in [0.25, 0.3) is 5.91 Å². The molecule has 0 saturated carbocycles. The minimum absolute atomic E-state index is 0. The van der Waals surface area contributed by atoms with E-state index < -0.39 is 29.3 Å². The van der Waals surface area contributed by atoms with Gasteiger partial charge in [-0.3, -0.25) is 4.79 Å². The lowest BCUT2D eigenvalue weighted by molar-refractivity contribution is -0.0329. The minimum atomic E-state index is -4.51. The summed E-state index contributed by atoms with van der Waals surface area (Å²) in [5.41, 5.74) is -4.63. The highest BCUT2D eigenvalue weighted by atomic mass is 35.5. The Hall–Kier alpha value is -1.03. The van der Waals surface area contributed by atoms with Crippen LogP contribution in [0.3, 0.4) is 0 Å². The number of aliphatic hydroxyl groups is 1. The first-order valence-electron chi connectivity index (χ1n) is 6.24. The molecule has 0 aliphatic carbocycles. The van der Waals surface area contributed by atoms with E-state index in [1.807, 2.05) is 0 Å². The molecule has 3 N–H and O–H groups in total. The summed E-state index contributed by atoms with van der Waals surface area (Å²) in [6, 6.07) is 2.70. The molecule has 2 atom stereocenters. The number of carbonyl (C=O) groups is 1. The summed E-state index contributed by atoms with van der Waals surface area (Å²) < 4.78 is 37.3. The average molecular weight is 358 g/mol. The van der Waals surface area contributed by atoms with Gasteiger partial charge in [-0.25, -0.2) is 4.98 Å². The Kier molecular flexibility index (Phi) is 6.92. The third kappa shape index (κ3) is 5.31. The Morgan fingerprint density at radius 1 is 1.50 bits per heavy atom. The summed E-state index contributed by atoms with van der Waals surface area (Å²) in [7, 11) is 0. The number of rotatable bonds is 4.